The molecule has 1 saturated carbocycles. The lowest BCUT2D eigenvalue weighted by atomic mass is 9.94. The minimum Gasteiger partial charge on any atom is -0.321 e. The van der Waals surface area contributed by atoms with Gasteiger partial charge < -0.3 is 4.98 Å². The minimum atomic E-state index is -0.0357. The van der Waals surface area contributed by atoms with Crippen molar-refractivity contribution in [2.75, 3.05) is 0 Å². The summed E-state index contributed by atoms with van der Waals surface area (Å²) in [6.07, 6.45) is 5.95. The van der Waals surface area contributed by atoms with E-state index in [4.69, 9.17) is 0 Å². The van der Waals surface area contributed by atoms with Crippen LogP contribution in [0.15, 0.2) is 53.3 Å². The summed E-state index contributed by atoms with van der Waals surface area (Å²) >= 11 is 0. The third kappa shape index (κ3) is 5.52. The van der Waals surface area contributed by atoms with Gasteiger partial charge in [0.1, 0.15) is 0 Å². The second-order valence-corrected chi connectivity index (χ2v) is 11.0. The molecule has 5 rings (SSSR count). The number of aromatic nitrogens is 5. The third-order valence-electron chi connectivity index (χ3n) is 7.70. The van der Waals surface area contributed by atoms with Crippen molar-refractivity contribution in [1.29, 1.82) is 0 Å². The van der Waals surface area contributed by atoms with Crippen molar-refractivity contribution in [1.82, 2.24) is 30.1 Å². The zero-order valence-corrected chi connectivity index (χ0v) is 22.4. The average Bonchev–Trinajstić information content (AvgIpc) is 3.35. The molecule has 37 heavy (non-hydrogen) atoms. The lowest BCUT2D eigenvalue weighted by Crippen LogP contribution is -2.36. The number of pyridine rings is 1. The van der Waals surface area contributed by atoms with Gasteiger partial charge in [-0.1, -0.05) is 75.1 Å². The first kappa shape index (κ1) is 25.3. The third-order valence-corrected chi connectivity index (χ3v) is 7.70. The van der Waals surface area contributed by atoms with Crippen molar-refractivity contribution >= 4 is 10.9 Å². The van der Waals surface area contributed by atoms with Gasteiger partial charge in [0.05, 0.1) is 17.6 Å². The van der Waals surface area contributed by atoms with E-state index in [0.29, 0.717) is 19.1 Å². The van der Waals surface area contributed by atoms with Crippen LogP contribution in [0.25, 0.3) is 10.9 Å². The van der Waals surface area contributed by atoms with Gasteiger partial charge in [-0.05, 0) is 71.7 Å². The maximum Gasteiger partial charge on any atom is 0.252 e. The van der Waals surface area contributed by atoms with Gasteiger partial charge in [0, 0.05) is 18.7 Å². The SMILES string of the molecule is Cc1cc(C)c2[nH]c(=O)c(CN(Cc3ccccc3)C(c3nnnn3C3CCCCC3)C(C)C)cc2c1. The Morgan fingerprint density at radius 3 is 2.51 bits per heavy atom. The second-order valence-electron chi connectivity index (χ2n) is 11.0. The normalized spacial score (nSPS) is 15.6. The van der Waals surface area contributed by atoms with Gasteiger partial charge in [0.15, 0.2) is 5.82 Å². The summed E-state index contributed by atoms with van der Waals surface area (Å²) in [7, 11) is 0. The van der Waals surface area contributed by atoms with Gasteiger partial charge in [0.25, 0.3) is 5.56 Å². The Balaban J connectivity index is 1.57. The summed E-state index contributed by atoms with van der Waals surface area (Å²) in [5.74, 6) is 1.16. The molecule has 1 fully saturated rings. The van der Waals surface area contributed by atoms with E-state index in [1.807, 2.05) is 13.0 Å². The van der Waals surface area contributed by atoms with Crippen LogP contribution in [0.3, 0.4) is 0 Å². The molecule has 7 heteroatoms. The molecule has 194 valence electrons. The van der Waals surface area contributed by atoms with Gasteiger partial charge >= 0.3 is 0 Å². The number of H-pyrrole nitrogens is 1. The lowest BCUT2D eigenvalue weighted by molar-refractivity contribution is 0.121. The van der Waals surface area contributed by atoms with Crippen LogP contribution < -0.4 is 5.56 Å². The first-order valence-corrected chi connectivity index (χ1v) is 13.6. The number of nitrogens with one attached hydrogen (secondary N) is 1. The molecular weight excluding hydrogens is 460 g/mol. The van der Waals surface area contributed by atoms with E-state index < -0.39 is 0 Å². The molecule has 0 saturated heterocycles. The summed E-state index contributed by atoms with van der Waals surface area (Å²) < 4.78 is 2.08. The largest absolute Gasteiger partial charge is 0.321 e. The molecule has 0 aliphatic heterocycles. The van der Waals surface area contributed by atoms with E-state index in [9.17, 15) is 4.79 Å². The van der Waals surface area contributed by atoms with Crippen molar-refractivity contribution in [3.05, 3.63) is 87.0 Å². The van der Waals surface area contributed by atoms with Gasteiger partial charge in [-0.15, -0.1) is 5.10 Å². The fourth-order valence-electron chi connectivity index (χ4n) is 6.00. The predicted molar refractivity (Wildman–Crippen MR) is 147 cm³/mol. The molecule has 2 aromatic heterocycles. The number of nitrogens with zero attached hydrogens (tertiary/aromatic N) is 5. The summed E-state index contributed by atoms with van der Waals surface area (Å²) in [6.45, 7) is 9.80. The van der Waals surface area contributed by atoms with Crippen LogP contribution in [0.2, 0.25) is 0 Å². The number of aromatic amines is 1. The quantitative estimate of drug-likeness (QED) is 0.321. The van der Waals surface area contributed by atoms with Crippen LogP contribution in [0.5, 0.6) is 0 Å². The molecule has 0 radical (unpaired) electrons. The molecular formula is C30H38N6O. The van der Waals surface area contributed by atoms with Crippen LogP contribution in [0.4, 0.5) is 0 Å². The molecule has 2 aromatic carbocycles. The topological polar surface area (TPSA) is 79.7 Å². The minimum absolute atomic E-state index is 0.0353. The predicted octanol–water partition coefficient (Wildman–Crippen LogP) is 6.04. The summed E-state index contributed by atoms with van der Waals surface area (Å²) in [6, 6.07) is 17.1. The van der Waals surface area contributed by atoms with Gasteiger partial charge in [-0.3, -0.25) is 9.69 Å². The summed E-state index contributed by atoms with van der Waals surface area (Å²) in [5.41, 5.74) is 5.12. The molecule has 0 spiro atoms. The number of fused-ring (bicyclic) bond motifs is 1. The Labute approximate surface area is 218 Å². The Hall–Kier alpha value is -3.32. The molecule has 1 N–H and O–H groups in total. The van der Waals surface area contributed by atoms with Crippen molar-refractivity contribution in [3.8, 4) is 0 Å². The zero-order valence-electron chi connectivity index (χ0n) is 22.4. The van der Waals surface area contributed by atoms with Gasteiger partial charge in [-0.25, -0.2) is 4.68 Å². The number of aryl methyl sites for hydroxylation is 2. The highest BCUT2D eigenvalue weighted by atomic mass is 16.1. The van der Waals surface area contributed by atoms with Crippen LogP contribution in [-0.2, 0) is 13.1 Å². The van der Waals surface area contributed by atoms with Crippen molar-refractivity contribution in [2.24, 2.45) is 5.92 Å². The Morgan fingerprint density at radius 1 is 1.03 bits per heavy atom. The smallest absolute Gasteiger partial charge is 0.252 e. The molecule has 2 heterocycles. The first-order chi connectivity index (χ1) is 17.9. The average molecular weight is 499 g/mol. The molecule has 0 bridgehead atoms. The summed E-state index contributed by atoms with van der Waals surface area (Å²) in [5, 5.41) is 14.3. The highest BCUT2D eigenvalue weighted by molar-refractivity contribution is 5.82. The fraction of sp³-hybridized carbons (Fsp3) is 0.467. The van der Waals surface area contributed by atoms with E-state index in [1.165, 1.54) is 30.4 Å². The monoisotopic (exact) mass is 498 g/mol. The van der Waals surface area contributed by atoms with E-state index in [1.54, 1.807) is 0 Å². The molecule has 1 unspecified atom stereocenters. The fourth-order valence-corrected chi connectivity index (χ4v) is 6.00. The van der Waals surface area contributed by atoms with Gasteiger partial charge in [-0.2, -0.15) is 0 Å². The Morgan fingerprint density at radius 2 is 1.78 bits per heavy atom. The maximum atomic E-state index is 13.3. The molecule has 1 aliphatic carbocycles. The van der Waals surface area contributed by atoms with E-state index in [2.05, 4.69) is 93.3 Å². The number of hydrogen-bond acceptors (Lipinski definition) is 5. The summed E-state index contributed by atoms with van der Waals surface area (Å²) in [4.78, 5) is 18.9. The molecule has 0 amide bonds. The Kier molecular flexibility index (Phi) is 7.51. The molecule has 1 aliphatic rings. The number of rotatable bonds is 8. The Bertz CT molecular complexity index is 1400. The van der Waals surface area contributed by atoms with E-state index >= 15 is 0 Å². The van der Waals surface area contributed by atoms with Crippen molar-refractivity contribution in [2.45, 2.75) is 85.0 Å². The zero-order chi connectivity index (χ0) is 25.9. The van der Waals surface area contributed by atoms with Crippen LogP contribution >= 0.6 is 0 Å². The number of benzene rings is 2. The van der Waals surface area contributed by atoms with Gasteiger partial charge in [0.2, 0.25) is 0 Å². The number of tetrazole rings is 1. The number of hydrogen-bond donors (Lipinski definition) is 1. The molecule has 1 atom stereocenters. The first-order valence-electron chi connectivity index (χ1n) is 13.6. The van der Waals surface area contributed by atoms with E-state index in [-0.39, 0.29) is 17.5 Å². The van der Waals surface area contributed by atoms with Crippen molar-refractivity contribution < 1.29 is 0 Å². The maximum absolute atomic E-state index is 13.3. The second kappa shape index (κ2) is 11.0. The van der Waals surface area contributed by atoms with Crippen LogP contribution in [0, 0.1) is 19.8 Å². The molecule has 7 nitrogen and oxygen atoms in total. The lowest BCUT2D eigenvalue weighted by Gasteiger charge is -2.35. The molecule has 4 aromatic rings. The van der Waals surface area contributed by atoms with E-state index in [0.717, 1.165) is 40.7 Å². The highest BCUT2D eigenvalue weighted by Crippen LogP contribution is 2.34. The van der Waals surface area contributed by atoms with Crippen molar-refractivity contribution in [3.63, 3.8) is 0 Å². The van der Waals surface area contributed by atoms with Crippen LogP contribution in [0.1, 0.15) is 86.1 Å². The highest BCUT2D eigenvalue weighted by Gasteiger charge is 2.32. The van der Waals surface area contributed by atoms with Crippen LogP contribution in [-0.4, -0.2) is 30.1 Å². The standard InChI is InChI=1S/C30H38N6O/c1-20(2)28(29-32-33-34-36(29)26-13-9-6-10-14-26)35(18-23-11-7-5-8-12-23)19-25-17-24-16-21(3)15-22(4)27(24)31-30(25)37/h5,7-8,11-12,15-17,20,26,28H,6,9-10,13-14,18-19H2,1-4H3,(H,31,37).